The van der Waals surface area contributed by atoms with Gasteiger partial charge in [-0.25, -0.2) is 4.99 Å². The second-order valence-electron chi connectivity index (χ2n) is 6.78. The van der Waals surface area contributed by atoms with Crippen LogP contribution in [0.4, 0.5) is 0 Å². The minimum absolute atomic E-state index is 0. The van der Waals surface area contributed by atoms with Crippen LogP contribution in [-0.4, -0.2) is 71.4 Å². The Labute approximate surface area is 184 Å². The third-order valence-electron chi connectivity index (χ3n) is 4.73. The number of amides is 1. The summed E-state index contributed by atoms with van der Waals surface area (Å²) in [6, 6.07) is 0. The number of halogens is 1. The monoisotopic (exact) mass is 507 g/mol. The predicted molar refractivity (Wildman–Crippen MR) is 120 cm³/mol. The number of likely N-dealkylation sites (tertiary alicyclic amines) is 1. The number of guanidine groups is 1. The van der Waals surface area contributed by atoms with E-state index in [-0.39, 0.29) is 29.9 Å². The van der Waals surface area contributed by atoms with Crippen molar-refractivity contribution in [3.05, 3.63) is 11.6 Å². The summed E-state index contributed by atoms with van der Waals surface area (Å²) in [5, 5.41) is 14.8. The van der Waals surface area contributed by atoms with Crippen molar-refractivity contribution in [2.24, 2.45) is 12.0 Å². The SMILES string of the molecule is COCCNC(=NCc1nnc(C)n1C)NCCCN1CCCCCC1=O.I. The number of rotatable bonds is 9. The average molecular weight is 507 g/mol. The third-order valence-corrected chi connectivity index (χ3v) is 4.73. The minimum Gasteiger partial charge on any atom is -0.383 e. The molecule has 0 atom stereocenters. The summed E-state index contributed by atoms with van der Waals surface area (Å²) in [6.07, 6.45) is 4.87. The Morgan fingerprint density at radius 1 is 1.21 bits per heavy atom. The van der Waals surface area contributed by atoms with Crippen molar-refractivity contribution < 1.29 is 9.53 Å². The van der Waals surface area contributed by atoms with Gasteiger partial charge in [-0.2, -0.15) is 0 Å². The zero-order valence-corrected chi connectivity index (χ0v) is 19.6. The highest BCUT2D eigenvalue weighted by molar-refractivity contribution is 14.0. The van der Waals surface area contributed by atoms with Gasteiger partial charge < -0.3 is 24.8 Å². The van der Waals surface area contributed by atoms with Crippen LogP contribution in [0, 0.1) is 6.92 Å². The van der Waals surface area contributed by atoms with E-state index >= 15 is 0 Å². The highest BCUT2D eigenvalue weighted by Gasteiger charge is 2.15. The fourth-order valence-corrected chi connectivity index (χ4v) is 2.94. The molecule has 160 valence electrons. The van der Waals surface area contributed by atoms with Crippen LogP contribution in [0.1, 0.15) is 43.8 Å². The van der Waals surface area contributed by atoms with Crippen molar-refractivity contribution in [3.8, 4) is 0 Å². The van der Waals surface area contributed by atoms with Crippen molar-refractivity contribution in [2.75, 3.05) is 39.9 Å². The number of aliphatic imine (C=N–C) groups is 1. The van der Waals surface area contributed by atoms with E-state index in [1.54, 1.807) is 7.11 Å². The standard InChI is InChI=1S/C18H33N7O2.HI/c1-15-22-23-16(24(15)2)14-21-18(20-10-13-27-3)19-9-7-12-25-11-6-4-5-8-17(25)26;/h4-14H2,1-3H3,(H2,19,20,21);1H. The van der Waals surface area contributed by atoms with E-state index < -0.39 is 0 Å². The van der Waals surface area contributed by atoms with Crippen LogP contribution >= 0.6 is 24.0 Å². The van der Waals surface area contributed by atoms with Crippen LogP contribution in [0.3, 0.4) is 0 Å². The molecule has 1 aliphatic heterocycles. The molecular formula is C18H34IN7O2. The number of carbonyl (C=O) groups excluding carboxylic acids is 1. The first-order valence-electron chi connectivity index (χ1n) is 9.75. The minimum atomic E-state index is 0. The quantitative estimate of drug-likeness (QED) is 0.226. The van der Waals surface area contributed by atoms with E-state index in [9.17, 15) is 4.79 Å². The van der Waals surface area contributed by atoms with Gasteiger partial charge in [0.05, 0.1) is 6.61 Å². The van der Waals surface area contributed by atoms with Gasteiger partial charge in [-0.05, 0) is 26.2 Å². The smallest absolute Gasteiger partial charge is 0.222 e. The largest absolute Gasteiger partial charge is 0.383 e. The van der Waals surface area contributed by atoms with E-state index in [4.69, 9.17) is 4.74 Å². The molecule has 1 fully saturated rings. The number of aromatic nitrogens is 3. The Kier molecular flexibility index (Phi) is 12.0. The van der Waals surface area contributed by atoms with Gasteiger partial charge >= 0.3 is 0 Å². The Balaban J connectivity index is 0.00000392. The van der Waals surface area contributed by atoms with Crippen molar-refractivity contribution in [2.45, 2.75) is 45.6 Å². The van der Waals surface area contributed by atoms with E-state index in [0.29, 0.717) is 26.1 Å². The van der Waals surface area contributed by atoms with Gasteiger partial charge in [0.2, 0.25) is 5.91 Å². The van der Waals surface area contributed by atoms with Crippen LogP contribution < -0.4 is 10.6 Å². The first-order valence-corrected chi connectivity index (χ1v) is 9.75. The Bertz CT molecular complexity index is 621. The molecule has 0 radical (unpaired) electrons. The lowest BCUT2D eigenvalue weighted by molar-refractivity contribution is -0.130. The van der Waals surface area contributed by atoms with E-state index in [1.165, 1.54) is 0 Å². The fraction of sp³-hybridized carbons (Fsp3) is 0.778. The summed E-state index contributed by atoms with van der Waals surface area (Å²) in [5.74, 6) is 2.69. The summed E-state index contributed by atoms with van der Waals surface area (Å²) in [4.78, 5) is 18.6. The van der Waals surface area contributed by atoms with Crippen LogP contribution in [0.5, 0.6) is 0 Å². The van der Waals surface area contributed by atoms with Gasteiger partial charge in [0.15, 0.2) is 11.8 Å². The lowest BCUT2D eigenvalue weighted by Gasteiger charge is -2.20. The van der Waals surface area contributed by atoms with Crippen molar-refractivity contribution in [3.63, 3.8) is 0 Å². The second-order valence-corrected chi connectivity index (χ2v) is 6.78. The molecule has 1 amide bonds. The zero-order chi connectivity index (χ0) is 19.5. The highest BCUT2D eigenvalue weighted by atomic mass is 127. The number of ether oxygens (including phenoxy) is 1. The average Bonchev–Trinajstić information content (AvgIpc) is 2.85. The molecule has 1 aromatic rings. The van der Waals surface area contributed by atoms with Gasteiger partial charge in [-0.1, -0.05) is 6.42 Å². The summed E-state index contributed by atoms with van der Waals surface area (Å²) < 4.78 is 7.02. The summed E-state index contributed by atoms with van der Waals surface area (Å²) in [6.45, 7) is 6.07. The molecule has 28 heavy (non-hydrogen) atoms. The highest BCUT2D eigenvalue weighted by Crippen LogP contribution is 2.11. The van der Waals surface area contributed by atoms with Crippen LogP contribution in [-0.2, 0) is 23.1 Å². The predicted octanol–water partition coefficient (Wildman–Crippen LogP) is 1.22. The maximum Gasteiger partial charge on any atom is 0.222 e. The van der Waals surface area contributed by atoms with Crippen molar-refractivity contribution in [1.29, 1.82) is 0 Å². The number of hydrogen-bond donors (Lipinski definition) is 2. The normalized spacial score (nSPS) is 15.2. The summed E-state index contributed by atoms with van der Waals surface area (Å²) >= 11 is 0. The number of methoxy groups -OCH3 is 1. The maximum absolute atomic E-state index is 12.1. The number of nitrogens with one attached hydrogen (secondary N) is 2. The second kappa shape index (κ2) is 13.7. The molecular weight excluding hydrogens is 473 g/mol. The fourth-order valence-electron chi connectivity index (χ4n) is 2.94. The molecule has 2 N–H and O–H groups in total. The summed E-state index contributed by atoms with van der Waals surface area (Å²) in [7, 11) is 3.61. The zero-order valence-electron chi connectivity index (χ0n) is 17.2. The molecule has 0 unspecified atom stereocenters. The first kappa shape index (κ1) is 24.6. The van der Waals surface area contributed by atoms with Gasteiger partial charge in [-0.15, -0.1) is 34.2 Å². The van der Waals surface area contributed by atoms with Crippen molar-refractivity contribution in [1.82, 2.24) is 30.3 Å². The lowest BCUT2D eigenvalue weighted by Crippen LogP contribution is -2.40. The molecule has 0 aliphatic carbocycles. The lowest BCUT2D eigenvalue weighted by atomic mass is 10.2. The van der Waals surface area contributed by atoms with Crippen molar-refractivity contribution >= 4 is 35.8 Å². The Morgan fingerprint density at radius 3 is 2.71 bits per heavy atom. The number of hydrogen-bond acceptors (Lipinski definition) is 5. The maximum atomic E-state index is 12.1. The molecule has 10 heteroatoms. The third kappa shape index (κ3) is 8.29. The van der Waals surface area contributed by atoms with Gasteiger partial charge in [-0.3, -0.25) is 4.79 Å². The molecule has 1 aliphatic rings. The van der Waals surface area contributed by atoms with Gasteiger partial charge in [0, 0.05) is 46.8 Å². The molecule has 2 heterocycles. The number of carbonyl (C=O) groups is 1. The molecule has 0 aromatic carbocycles. The van der Waals surface area contributed by atoms with E-state index in [0.717, 1.165) is 62.9 Å². The Hall–Kier alpha value is -1.43. The van der Waals surface area contributed by atoms with E-state index in [1.807, 2.05) is 23.4 Å². The van der Waals surface area contributed by atoms with E-state index in [2.05, 4.69) is 25.8 Å². The number of aryl methyl sites for hydroxylation is 1. The Morgan fingerprint density at radius 2 is 2.00 bits per heavy atom. The van der Waals surface area contributed by atoms with Gasteiger partial charge in [0.1, 0.15) is 12.4 Å². The van der Waals surface area contributed by atoms with Crippen LogP contribution in [0.15, 0.2) is 4.99 Å². The van der Waals surface area contributed by atoms with Gasteiger partial charge in [0.25, 0.3) is 0 Å². The molecule has 2 rings (SSSR count). The molecule has 0 saturated carbocycles. The first-order chi connectivity index (χ1) is 13.1. The summed E-state index contributed by atoms with van der Waals surface area (Å²) in [5.41, 5.74) is 0. The molecule has 0 bridgehead atoms. The molecule has 9 nitrogen and oxygen atoms in total. The molecule has 0 spiro atoms. The molecule has 1 aromatic heterocycles. The topological polar surface area (TPSA) is 96.7 Å². The molecule has 1 saturated heterocycles. The number of nitrogens with zero attached hydrogens (tertiary/aromatic N) is 5. The van der Waals surface area contributed by atoms with Crippen LogP contribution in [0.2, 0.25) is 0 Å². The van der Waals surface area contributed by atoms with Crippen LogP contribution in [0.25, 0.3) is 0 Å².